The number of hydrogen-bond acceptors (Lipinski definition) is 3. The van der Waals surface area contributed by atoms with Gasteiger partial charge < -0.3 is 4.52 Å². The van der Waals surface area contributed by atoms with Crippen LogP contribution in [0.1, 0.15) is 11.5 Å². The molecule has 1 aromatic heterocycles. The number of hydrogen-bond donors (Lipinski definition) is 0. The second-order valence-electron chi connectivity index (χ2n) is 2.84. The van der Waals surface area contributed by atoms with Crippen molar-refractivity contribution in [2.45, 2.75) is 6.92 Å². The summed E-state index contributed by atoms with van der Waals surface area (Å²) in [5.74, 6) is 1.19. The molecule has 1 aromatic carbocycles. The van der Waals surface area contributed by atoms with Crippen LogP contribution < -0.4 is 0 Å². The summed E-state index contributed by atoms with van der Waals surface area (Å²) in [5, 5.41) is 3.81. The highest BCUT2D eigenvalue weighted by molar-refractivity contribution is 5.55. The number of benzene rings is 1. The molecule has 0 aliphatic carbocycles. The van der Waals surface area contributed by atoms with Crippen LogP contribution in [0.5, 0.6) is 0 Å². The molecule has 3 nitrogen and oxygen atoms in total. The topological polar surface area (TPSA) is 38.9 Å². The second-order valence-corrected chi connectivity index (χ2v) is 2.84. The lowest BCUT2D eigenvalue weighted by atomic mass is 10.1. The molecule has 0 spiro atoms. The normalized spacial score (nSPS) is 10.3. The van der Waals surface area contributed by atoms with Gasteiger partial charge in [0.2, 0.25) is 11.7 Å². The number of nitrogens with zero attached hydrogens (tertiary/aromatic N) is 2. The lowest BCUT2D eigenvalue weighted by Crippen LogP contribution is -1.81. The maximum Gasteiger partial charge on any atom is 0.223 e. The largest absolute Gasteiger partial charge is 0.339 e. The molecule has 0 N–H and O–H groups in total. The molecule has 0 unspecified atom stereocenters. The van der Waals surface area contributed by atoms with Crippen LogP contribution in [0.2, 0.25) is 0 Å². The highest BCUT2D eigenvalue weighted by Gasteiger charge is 2.04. The van der Waals surface area contributed by atoms with Crippen LogP contribution in [-0.4, -0.2) is 10.1 Å². The minimum Gasteiger partial charge on any atom is -0.339 e. The van der Waals surface area contributed by atoms with Gasteiger partial charge in [0.1, 0.15) is 0 Å². The molecule has 0 fully saturated rings. The van der Waals surface area contributed by atoms with Crippen molar-refractivity contribution in [1.29, 1.82) is 0 Å². The Kier molecular flexibility index (Phi) is 1.85. The van der Waals surface area contributed by atoms with Gasteiger partial charge in [-0.1, -0.05) is 23.4 Å². The fraction of sp³-hybridized carbons (Fsp3) is 0.100. The smallest absolute Gasteiger partial charge is 0.223 e. The first kappa shape index (κ1) is 7.98. The molecular weight excluding hydrogens is 164 g/mol. The average Bonchev–Trinajstić information content (AvgIpc) is 2.52. The highest BCUT2D eigenvalue weighted by Crippen LogP contribution is 2.16. The number of aryl methyl sites for hydroxylation is 1. The van der Waals surface area contributed by atoms with Gasteiger partial charge >= 0.3 is 0 Å². The summed E-state index contributed by atoms with van der Waals surface area (Å²) in [7, 11) is 0. The van der Waals surface area contributed by atoms with Gasteiger partial charge in [-0.05, 0) is 18.6 Å². The molecule has 1 heterocycles. The number of aromatic nitrogens is 2. The van der Waals surface area contributed by atoms with Crippen molar-refractivity contribution in [3.05, 3.63) is 42.6 Å². The molecule has 13 heavy (non-hydrogen) atoms. The Balaban J connectivity index is 2.46. The first-order valence-corrected chi connectivity index (χ1v) is 3.98. The van der Waals surface area contributed by atoms with Crippen LogP contribution in [0.15, 0.2) is 28.8 Å². The van der Waals surface area contributed by atoms with Crippen LogP contribution in [0.4, 0.5) is 0 Å². The van der Waals surface area contributed by atoms with Crippen LogP contribution in [-0.2, 0) is 0 Å². The third-order valence-corrected chi connectivity index (χ3v) is 1.71. The minimum atomic E-state index is 0.574. The second kappa shape index (κ2) is 3.01. The Morgan fingerprint density at radius 2 is 2.23 bits per heavy atom. The Morgan fingerprint density at radius 1 is 1.38 bits per heavy atom. The van der Waals surface area contributed by atoms with Crippen molar-refractivity contribution in [2.24, 2.45) is 0 Å². The van der Waals surface area contributed by atoms with Crippen molar-refractivity contribution in [1.82, 2.24) is 10.1 Å². The van der Waals surface area contributed by atoms with E-state index in [-0.39, 0.29) is 0 Å². The van der Waals surface area contributed by atoms with Gasteiger partial charge in [0.15, 0.2) is 0 Å². The molecule has 0 amide bonds. The van der Waals surface area contributed by atoms with Gasteiger partial charge in [-0.25, -0.2) is 0 Å². The van der Waals surface area contributed by atoms with Crippen molar-refractivity contribution in [2.75, 3.05) is 0 Å². The zero-order valence-electron chi connectivity index (χ0n) is 7.32. The van der Waals surface area contributed by atoms with Crippen molar-refractivity contribution >= 4 is 0 Å². The molecule has 65 valence electrons. The van der Waals surface area contributed by atoms with Gasteiger partial charge in [0.25, 0.3) is 0 Å². The molecule has 3 heteroatoms. The third kappa shape index (κ3) is 1.59. The van der Waals surface area contributed by atoms with Crippen molar-refractivity contribution in [3.63, 3.8) is 0 Å². The summed E-state index contributed by atoms with van der Waals surface area (Å²) in [6.45, 7) is 5.60. The summed E-state index contributed by atoms with van der Waals surface area (Å²) in [5.41, 5.74) is 1.88. The fourth-order valence-electron chi connectivity index (χ4n) is 1.13. The monoisotopic (exact) mass is 173 g/mol. The summed E-state index contributed by atoms with van der Waals surface area (Å²) >= 11 is 0. The molecule has 2 rings (SSSR count). The van der Waals surface area contributed by atoms with E-state index in [9.17, 15) is 0 Å². The molecule has 0 atom stereocenters. The highest BCUT2D eigenvalue weighted by atomic mass is 16.5. The van der Waals surface area contributed by atoms with E-state index in [1.165, 1.54) is 0 Å². The van der Waals surface area contributed by atoms with E-state index in [4.69, 9.17) is 4.52 Å². The molecule has 0 saturated heterocycles. The number of rotatable bonds is 1. The van der Waals surface area contributed by atoms with Crippen LogP contribution in [0, 0.1) is 13.8 Å². The van der Waals surface area contributed by atoms with E-state index in [0.29, 0.717) is 11.7 Å². The van der Waals surface area contributed by atoms with E-state index in [1.807, 2.05) is 24.3 Å². The molecule has 0 bridgehead atoms. The zero-order chi connectivity index (χ0) is 9.26. The molecule has 0 aliphatic rings. The van der Waals surface area contributed by atoms with Gasteiger partial charge in [0.05, 0.1) is 0 Å². The van der Waals surface area contributed by atoms with Gasteiger partial charge in [-0.15, -0.1) is 0 Å². The lowest BCUT2D eigenvalue weighted by Gasteiger charge is -1.94. The average molecular weight is 173 g/mol. The Labute approximate surface area is 76.4 Å². The van der Waals surface area contributed by atoms with E-state index < -0.39 is 0 Å². The van der Waals surface area contributed by atoms with Crippen LogP contribution >= 0.6 is 0 Å². The van der Waals surface area contributed by atoms with Crippen molar-refractivity contribution < 1.29 is 4.52 Å². The molecule has 0 saturated carbocycles. The van der Waals surface area contributed by atoms with E-state index in [2.05, 4.69) is 17.1 Å². The first-order chi connectivity index (χ1) is 6.25. The zero-order valence-corrected chi connectivity index (χ0v) is 7.32. The minimum absolute atomic E-state index is 0.574. The maximum absolute atomic E-state index is 4.88. The predicted octanol–water partition coefficient (Wildman–Crippen LogP) is 2.23. The molecule has 2 aromatic rings. The Bertz CT molecular complexity index is 420. The standard InChI is InChI=1S/C10H9N2O/c1-7-4-3-5-9(6-7)10-11-8(2)13-12-10/h3-6H,1H2,2H3. The van der Waals surface area contributed by atoms with Crippen molar-refractivity contribution in [3.8, 4) is 11.4 Å². The van der Waals surface area contributed by atoms with E-state index in [0.717, 1.165) is 11.1 Å². The Morgan fingerprint density at radius 3 is 2.85 bits per heavy atom. The van der Waals surface area contributed by atoms with Gasteiger partial charge in [0, 0.05) is 12.5 Å². The SMILES string of the molecule is [CH2]c1cccc(-c2noc(C)n2)c1. The maximum atomic E-state index is 4.88. The quantitative estimate of drug-likeness (QED) is 0.663. The first-order valence-electron chi connectivity index (χ1n) is 3.98. The Hall–Kier alpha value is -1.64. The fourth-order valence-corrected chi connectivity index (χ4v) is 1.13. The summed E-state index contributed by atoms with van der Waals surface area (Å²) in [4.78, 5) is 4.12. The lowest BCUT2D eigenvalue weighted by molar-refractivity contribution is 0.394. The van der Waals surface area contributed by atoms with E-state index >= 15 is 0 Å². The molecular formula is C10H9N2O. The summed E-state index contributed by atoms with van der Waals surface area (Å²) in [6, 6.07) is 7.70. The molecule has 0 aliphatic heterocycles. The van der Waals surface area contributed by atoms with Crippen LogP contribution in [0.25, 0.3) is 11.4 Å². The summed E-state index contributed by atoms with van der Waals surface area (Å²) in [6.07, 6.45) is 0. The third-order valence-electron chi connectivity index (χ3n) is 1.71. The molecule has 1 radical (unpaired) electrons. The summed E-state index contributed by atoms with van der Waals surface area (Å²) < 4.78 is 4.88. The predicted molar refractivity (Wildman–Crippen MR) is 48.9 cm³/mol. The van der Waals surface area contributed by atoms with E-state index in [1.54, 1.807) is 6.92 Å². The van der Waals surface area contributed by atoms with Crippen LogP contribution in [0.3, 0.4) is 0 Å². The van der Waals surface area contributed by atoms with Gasteiger partial charge in [-0.3, -0.25) is 0 Å². The van der Waals surface area contributed by atoms with Gasteiger partial charge in [-0.2, -0.15) is 4.98 Å².